The van der Waals surface area contributed by atoms with Crippen molar-refractivity contribution in [3.05, 3.63) is 29.0 Å². The molecule has 1 N–H and O–H groups in total. The van der Waals surface area contributed by atoms with Gasteiger partial charge in [-0.1, -0.05) is 17.7 Å². The maximum Gasteiger partial charge on any atom is 0.407 e. The van der Waals surface area contributed by atoms with E-state index in [1.54, 1.807) is 12.3 Å². The fourth-order valence-electron chi connectivity index (χ4n) is 1.47. The van der Waals surface area contributed by atoms with Crippen molar-refractivity contribution in [3.63, 3.8) is 0 Å². The van der Waals surface area contributed by atoms with E-state index in [-0.39, 0.29) is 5.92 Å². The van der Waals surface area contributed by atoms with Crippen LogP contribution >= 0.6 is 11.6 Å². The maximum atomic E-state index is 10.5. The van der Waals surface area contributed by atoms with Crippen molar-refractivity contribution in [1.82, 2.24) is 9.88 Å². The predicted molar refractivity (Wildman–Crippen MR) is 51.6 cm³/mol. The number of amides is 1. The first-order valence-corrected chi connectivity index (χ1v) is 4.64. The van der Waals surface area contributed by atoms with Crippen LogP contribution in [0.2, 0.25) is 5.15 Å². The third-order valence-electron chi connectivity index (χ3n) is 2.37. The second-order valence-corrected chi connectivity index (χ2v) is 3.69. The SMILES string of the molecule is O=C(O)N1CC(c2ccc(Cl)nc2)C1. The summed E-state index contributed by atoms with van der Waals surface area (Å²) in [7, 11) is 0. The summed E-state index contributed by atoms with van der Waals surface area (Å²) in [6.07, 6.45) is 0.842. The van der Waals surface area contributed by atoms with Gasteiger partial charge in [0.15, 0.2) is 0 Å². The molecule has 1 aromatic heterocycles. The molecule has 1 aliphatic heterocycles. The highest BCUT2D eigenvalue weighted by Gasteiger charge is 2.31. The van der Waals surface area contributed by atoms with Crippen molar-refractivity contribution in [2.75, 3.05) is 13.1 Å². The third-order valence-corrected chi connectivity index (χ3v) is 2.60. The number of carbonyl (C=O) groups is 1. The molecule has 74 valence electrons. The van der Waals surface area contributed by atoms with Crippen LogP contribution in [0.3, 0.4) is 0 Å². The van der Waals surface area contributed by atoms with Crippen molar-refractivity contribution in [3.8, 4) is 0 Å². The molecule has 1 aliphatic rings. The smallest absolute Gasteiger partial charge is 0.407 e. The van der Waals surface area contributed by atoms with Crippen LogP contribution in [0.15, 0.2) is 18.3 Å². The molecule has 14 heavy (non-hydrogen) atoms. The molecule has 2 heterocycles. The molecule has 0 unspecified atom stereocenters. The van der Waals surface area contributed by atoms with E-state index in [4.69, 9.17) is 16.7 Å². The van der Waals surface area contributed by atoms with Gasteiger partial charge in [-0.2, -0.15) is 0 Å². The van der Waals surface area contributed by atoms with E-state index in [1.807, 2.05) is 6.07 Å². The first kappa shape index (κ1) is 9.27. The number of halogens is 1. The monoisotopic (exact) mass is 212 g/mol. The lowest BCUT2D eigenvalue weighted by Crippen LogP contribution is -2.47. The Morgan fingerprint density at radius 2 is 2.29 bits per heavy atom. The van der Waals surface area contributed by atoms with Crippen LogP contribution in [-0.2, 0) is 0 Å². The lowest BCUT2D eigenvalue weighted by Gasteiger charge is -2.37. The Morgan fingerprint density at radius 1 is 1.57 bits per heavy atom. The number of pyridine rings is 1. The van der Waals surface area contributed by atoms with Gasteiger partial charge in [-0.05, 0) is 11.6 Å². The molecule has 0 saturated carbocycles. The Hall–Kier alpha value is -1.29. The molecule has 5 heteroatoms. The van der Waals surface area contributed by atoms with Crippen LogP contribution in [0.25, 0.3) is 0 Å². The van der Waals surface area contributed by atoms with Crippen LogP contribution in [0, 0.1) is 0 Å². The van der Waals surface area contributed by atoms with Crippen molar-refractivity contribution >= 4 is 17.7 Å². The molecule has 1 amide bonds. The summed E-state index contributed by atoms with van der Waals surface area (Å²) in [6.45, 7) is 1.11. The average Bonchev–Trinajstić information content (AvgIpc) is 2.05. The second kappa shape index (κ2) is 3.46. The lowest BCUT2D eigenvalue weighted by atomic mass is 9.93. The van der Waals surface area contributed by atoms with Crippen LogP contribution in [0.4, 0.5) is 4.79 Å². The zero-order valence-electron chi connectivity index (χ0n) is 7.35. The van der Waals surface area contributed by atoms with Gasteiger partial charge in [0.25, 0.3) is 0 Å². The Kier molecular flexibility index (Phi) is 2.29. The minimum atomic E-state index is -0.858. The van der Waals surface area contributed by atoms with E-state index in [1.165, 1.54) is 4.90 Å². The number of rotatable bonds is 1. The molecule has 1 fully saturated rings. The first-order chi connectivity index (χ1) is 6.66. The van der Waals surface area contributed by atoms with Crippen molar-refractivity contribution < 1.29 is 9.90 Å². The first-order valence-electron chi connectivity index (χ1n) is 4.26. The Morgan fingerprint density at radius 3 is 2.79 bits per heavy atom. The molecule has 1 saturated heterocycles. The molecule has 1 aromatic rings. The van der Waals surface area contributed by atoms with Gasteiger partial charge in [-0.3, -0.25) is 0 Å². The summed E-state index contributed by atoms with van der Waals surface area (Å²) in [5, 5.41) is 9.09. The topological polar surface area (TPSA) is 53.4 Å². The number of likely N-dealkylation sites (tertiary alicyclic amines) is 1. The second-order valence-electron chi connectivity index (χ2n) is 3.30. The number of hydrogen-bond acceptors (Lipinski definition) is 2. The summed E-state index contributed by atoms with van der Waals surface area (Å²) in [6, 6.07) is 3.61. The van der Waals surface area contributed by atoms with E-state index >= 15 is 0 Å². The van der Waals surface area contributed by atoms with Crippen LogP contribution < -0.4 is 0 Å². The molecule has 4 nitrogen and oxygen atoms in total. The van der Waals surface area contributed by atoms with Crippen LogP contribution in [0.1, 0.15) is 11.5 Å². The highest BCUT2D eigenvalue weighted by Crippen LogP contribution is 2.26. The van der Waals surface area contributed by atoms with Crippen molar-refractivity contribution in [2.45, 2.75) is 5.92 Å². The molecule has 0 atom stereocenters. The number of hydrogen-bond donors (Lipinski definition) is 1. The highest BCUT2D eigenvalue weighted by atomic mass is 35.5. The van der Waals surface area contributed by atoms with E-state index in [2.05, 4.69) is 4.98 Å². The van der Waals surface area contributed by atoms with Gasteiger partial charge in [-0.25, -0.2) is 9.78 Å². The van der Waals surface area contributed by atoms with Crippen molar-refractivity contribution in [2.24, 2.45) is 0 Å². The molecule has 0 aliphatic carbocycles. The molecule has 0 spiro atoms. The lowest BCUT2D eigenvalue weighted by molar-refractivity contribution is 0.105. The van der Waals surface area contributed by atoms with Crippen LogP contribution in [0.5, 0.6) is 0 Å². The van der Waals surface area contributed by atoms with E-state index in [0.717, 1.165) is 5.56 Å². The Bertz CT molecular complexity index is 346. The number of aromatic nitrogens is 1. The predicted octanol–water partition coefficient (Wildman–Crippen LogP) is 1.81. The van der Waals surface area contributed by atoms with Gasteiger partial charge in [0.2, 0.25) is 0 Å². The summed E-state index contributed by atoms with van der Waals surface area (Å²) < 4.78 is 0. The van der Waals surface area contributed by atoms with E-state index < -0.39 is 6.09 Å². The summed E-state index contributed by atoms with van der Waals surface area (Å²) in [5.74, 6) is 0.274. The van der Waals surface area contributed by atoms with Gasteiger partial charge >= 0.3 is 6.09 Å². The van der Waals surface area contributed by atoms with E-state index in [9.17, 15) is 4.79 Å². The zero-order chi connectivity index (χ0) is 10.1. The fourth-order valence-corrected chi connectivity index (χ4v) is 1.59. The number of nitrogens with zero attached hydrogens (tertiary/aromatic N) is 2. The summed E-state index contributed by atoms with van der Waals surface area (Å²) in [5.41, 5.74) is 1.05. The molecule has 2 rings (SSSR count). The Balaban J connectivity index is 2.00. The average molecular weight is 213 g/mol. The van der Waals surface area contributed by atoms with Gasteiger partial charge in [0.05, 0.1) is 0 Å². The van der Waals surface area contributed by atoms with Gasteiger partial charge in [0.1, 0.15) is 5.15 Å². The molecule has 0 bridgehead atoms. The zero-order valence-corrected chi connectivity index (χ0v) is 8.11. The number of carboxylic acid groups (broad SMARTS) is 1. The third kappa shape index (κ3) is 1.65. The van der Waals surface area contributed by atoms with Crippen LogP contribution in [-0.4, -0.2) is 34.2 Å². The minimum absolute atomic E-state index is 0.274. The normalized spacial score (nSPS) is 16.5. The highest BCUT2D eigenvalue weighted by molar-refractivity contribution is 6.29. The maximum absolute atomic E-state index is 10.5. The Labute approximate surface area is 86.1 Å². The fraction of sp³-hybridized carbons (Fsp3) is 0.333. The molecular formula is C9H9ClN2O2. The molecular weight excluding hydrogens is 204 g/mol. The summed E-state index contributed by atoms with van der Waals surface area (Å²) >= 11 is 5.64. The van der Waals surface area contributed by atoms with E-state index in [0.29, 0.717) is 18.2 Å². The van der Waals surface area contributed by atoms with Crippen molar-refractivity contribution in [1.29, 1.82) is 0 Å². The van der Waals surface area contributed by atoms with Gasteiger partial charge in [-0.15, -0.1) is 0 Å². The van der Waals surface area contributed by atoms with Gasteiger partial charge < -0.3 is 10.0 Å². The standard InChI is InChI=1S/C9H9ClN2O2/c10-8-2-1-6(3-11-8)7-4-12(5-7)9(13)14/h1-3,7H,4-5H2,(H,13,14). The molecule has 0 radical (unpaired) electrons. The van der Waals surface area contributed by atoms with Gasteiger partial charge in [0, 0.05) is 25.2 Å². The quantitative estimate of drug-likeness (QED) is 0.723. The minimum Gasteiger partial charge on any atom is -0.465 e. The summed E-state index contributed by atoms with van der Waals surface area (Å²) in [4.78, 5) is 15.8. The molecule has 0 aromatic carbocycles. The largest absolute Gasteiger partial charge is 0.465 e.